The van der Waals surface area contributed by atoms with Gasteiger partial charge in [0.1, 0.15) is 17.0 Å². The lowest BCUT2D eigenvalue weighted by molar-refractivity contribution is 0.103. The van der Waals surface area contributed by atoms with Crippen LogP contribution in [-0.2, 0) is 6.54 Å². The Morgan fingerprint density at radius 1 is 1.19 bits per heavy atom. The van der Waals surface area contributed by atoms with E-state index in [9.17, 15) is 5.11 Å². The monoisotopic (exact) mass is 368 g/mol. The van der Waals surface area contributed by atoms with Crippen molar-refractivity contribution in [3.63, 3.8) is 0 Å². The van der Waals surface area contributed by atoms with Gasteiger partial charge in [-0.2, -0.15) is 0 Å². The molecule has 7 heteroatoms. The van der Waals surface area contributed by atoms with Gasteiger partial charge in [0.25, 0.3) is 5.89 Å². The second-order valence-corrected chi connectivity index (χ2v) is 6.96. The second-order valence-electron chi connectivity index (χ2n) is 6.96. The molecule has 1 aromatic carbocycles. The number of aliphatic hydroxyl groups excluding tert-OH is 1. The van der Waals surface area contributed by atoms with Crippen LogP contribution in [0.2, 0.25) is 0 Å². The van der Waals surface area contributed by atoms with Gasteiger partial charge in [0, 0.05) is 18.2 Å². The lowest BCUT2D eigenvalue weighted by Crippen LogP contribution is -2.39. The minimum atomic E-state index is 0.205. The number of aromatic nitrogens is 3. The molecule has 1 atom stereocenters. The molecule has 7 nitrogen and oxygen atoms in total. The number of aryl methyl sites for hydroxylation is 1. The SMILES string of the molecule is Cc1onc(-c2ccccc2)c1-c1nnc(CN2CCCCC2CCO)o1. The lowest BCUT2D eigenvalue weighted by atomic mass is 10.00. The molecule has 3 heterocycles. The van der Waals surface area contributed by atoms with E-state index in [-0.39, 0.29) is 6.61 Å². The highest BCUT2D eigenvalue weighted by atomic mass is 16.5. The first-order chi connectivity index (χ1) is 13.3. The van der Waals surface area contributed by atoms with E-state index in [2.05, 4.69) is 20.3 Å². The second kappa shape index (κ2) is 8.02. The fourth-order valence-corrected chi connectivity index (χ4v) is 3.75. The van der Waals surface area contributed by atoms with Gasteiger partial charge in [0.05, 0.1) is 6.54 Å². The van der Waals surface area contributed by atoms with Crippen LogP contribution in [0.4, 0.5) is 0 Å². The molecule has 1 saturated heterocycles. The molecule has 2 aromatic heterocycles. The summed E-state index contributed by atoms with van der Waals surface area (Å²) in [6.45, 7) is 3.64. The Balaban J connectivity index is 1.58. The summed E-state index contributed by atoms with van der Waals surface area (Å²) in [6.07, 6.45) is 4.25. The molecule has 1 N–H and O–H groups in total. The highest BCUT2D eigenvalue weighted by Gasteiger charge is 2.26. The van der Waals surface area contributed by atoms with Crippen LogP contribution in [0.15, 0.2) is 39.3 Å². The fraction of sp³-hybridized carbons (Fsp3) is 0.450. The van der Waals surface area contributed by atoms with Crippen LogP contribution in [0.1, 0.15) is 37.3 Å². The Morgan fingerprint density at radius 2 is 2.04 bits per heavy atom. The van der Waals surface area contributed by atoms with Crippen molar-refractivity contribution in [1.82, 2.24) is 20.3 Å². The third-order valence-electron chi connectivity index (χ3n) is 5.14. The van der Waals surface area contributed by atoms with Crippen molar-refractivity contribution in [3.8, 4) is 22.7 Å². The van der Waals surface area contributed by atoms with Crippen molar-refractivity contribution in [3.05, 3.63) is 42.0 Å². The molecule has 1 aliphatic rings. The third-order valence-corrected chi connectivity index (χ3v) is 5.14. The van der Waals surface area contributed by atoms with Crippen molar-refractivity contribution in [2.75, 3.05) is 13.2 Å². The molecule has 0 saturated carbocycles. The summed E-state index contributed by atoms with van der Waals surface area (Å²) >= 11 is 0. The highest BCUT2D eigenvalue weighted by Crippen LogP contribution is 2.33. The Labute approximate surface area is 158 Å². The Kier molecular flexibility index (Phi) is 5.31. The Hall–Kier alpha value is -2.51. The molecule has 0 amide bonds. The first-order valence-corrected chi connectivity index (χ1v) is 9.45. The first kappa shape index (κ1) is 17.9. The summed E-state index contributed by atoms with van der Waals surface area (Å²) in [4.78, 5) is 2.33. The van der Waals surface area contributed by atoms with Crippen LogP contribution in [0.25, 0.3) is 22.7 Å². The number of nitrogens with zero attached hydrogens (tertiary/aromatic N) is 4. The largest absolute Gasteiger partial charge is 0.419 e. The first-order valence-electron chi connectivity index (χ1n) is 9.45. The molecular formula is C20H24N4O3. The highest BCUT2D eigenvalue weighted by molar-refractivity contribution is 5.77. The van der Waals surface area contributed by atoms with Crippen molar-refractivity contribution < 1.29 is 14.0 Å². The van der Waals surface area contributed by atoms with Crippen LogP contribution in [0.3, 0.4) is 0 Å². The zero-order valence-corrected chi connectivity index (χ0v) is 15.5. The molecule has 1 aliphatic heterocycles. The predicted molar refractivity (Wildman–Crippen MR) is 99.7 cm³/mol. The molecule has 1 fully saturated rings. The summed E-state index contributed by atoms with van der Waals surface area (Å²) < 4.78 is 11.4. The molecule has 4 rings (SSSR count). The minimum absolute atomic E-state index is 0.205. The smallest absolute Gasteiger partial charge is 0.253 e. The molecule has 0 spiro atoms. The van der Waals surface area contributed by atoms with E-state index in [0.29, 0.717) is 35.8 Å². The molecule has 27 heavy (non-hydrogen) atoms. The predicted octanol–water partition coefficient (Wildman–Crippen LogP) is 3.44. The van der Waals surface area contributed by atoms with Gasteiger partial charge < -0.3 is 14.0 Å². The quantitative estimate of drug-likeness (QED) is 0.713. The Morgan fingerprint density at radius 3 is 2.85 bits per heavy atom. The molecule has 0 aliphatic carbocycles. The van der Waals surface area contributed by atoms with Gasteiger partial charge in [-0.1, -0.05) is 41.9 Å². The van der Waals surface area contributed by atoms with E-state index in [1.54, 1.807) is 0 Å². The average molecular weight is 368 g/mol. The van der Waals surface area contributed by atoms with Gasteiger partial charge in [-0.3, -0.25) is 4.90 Å². The van der Waals surface area contributed by atoms with E-state index < -0.39 is 0 Å². The molecule has 0 bridgehead atoms. The Bertz CT molecular complexity index is 872. The summed E-state index contributed by atoms with van der Waals surface area (Å²) in [5, 5.41) is 22.0. The third kappa shape index (κ3) is 3.79. The van der Waals surface area contributed by atoms with Crippen LogP contribution in [-0.4, -0.2) is 44.6 Å². The van der Waals surface area contributed by atoms with Crippen LogP contribution in [0.5, 0.6) is 0 Å². The number of aliphatic hydroxyl groups is 1. The van der Waals surface area contributed by atoms with E-state index >= 15 is 0 Å². The molecule has 1 unspecified atom stereocenters. The van der Waals surface area contributed by atoms with Gasteiger partial charge in [-0.25, -0.2) is 0 Å². The number of hydrogen-bond donors (Lipinski definition) is 1. The summed E-state index contributed by atoms with van der Waals surface area (Å²) in [7, 11) is 0. The van der Waals surface area contributed by atoms with Crippen LogP contribution < -0.4 is 0 Å². The molecular weight excluding hydrogens is 344 g/mol. The zero-order chi connectivity index (χ0) is 18.6. The summed E-state index contributed by atoms with van der Waals surface area (Å²) in [6, 6.07) is 10.2. The summed E-state index contributed by atoms with van der Waals surface area (Å²) in [5.74, 6) is 1.66. The summed E-state index contributed by atoms with van der Waals surface area (Å²) in [5.41, 5.74) is 2.40. The van der Waals surface area contributed by atoms with Crippen molar-refractivity contribution in [1.29, 1.82) is 0 Å². The maximum absolute atomic E-state index is 9.31. The number of piperidine rings is 1. The van der Waals surface area contributed by atoms with E-state index in [1.165, 1.54) is 6.42 Å². The lowest BCUT2D eigenvalue weighted by Gasteiger charge is -2.34. The van der Waals surface area contributed by atoms with Gasteiger partial charge in [-0.15, -0.1) is 10.2 Å². The minimum Gasteiger partial charge on any atom is -0.419 e. The van der Waals surface area contributed by atoms with Gasteiger partial charge in [0.2, 0.25) is 5.89 Å². The molecule has 0 radical (unpaired) electrons. The average Bonchev–Trinajstić information content (AvgIpc) is 3.30. The van der Waals surface area contributed by atoms with Crippen molar-refractivity contribution in [2.45, 2.75) is 45.2 Å². The van der Waals surface area contributed by atoms with Gasteiger partial charge in [-0.05, 0) is 32.7 Å². The van der Waals surface area contributed by atoms with Crippen LogP contribution in [0, 0.1) is 6.92 Å². The van der Waals surface area contributed by atoms with Crippen molar-refractivity contribution >= 4 is 0 Å². The van der Waals surface area contributed by atoms with Crippen molar-refractivity contribution in [2.24, 2.45) is 0 Å². The maximum atomic E-state index is 9.31. The number of benzene rings is 1. The van der Waals surface area contributed by atoms with Gasteiger partial charge in [0.15, 0.2) is 0 Å². The van der Waals surface area contributed by atoms with E-state index in [0.717, 1.165) is 36.9 Å². The number of hydrogen-bond acceptors (Lipinski definition) is 7. The molecule has 142 valence electrons. The van der Waals surface area contributed by atoms with Gasteiger partial charge >= 0.3 is 0 Å². The number of likely N-dealkylation sites (tertiary alicyclic amines) is 1. The topological polar surface area (TPSA) is 88.4 Å². The standard InChI is InChI=1S/C20H24N4O3/c1-14-18(19(23-27-14)15-7-3-2-4-8-15)20-22-21-17(26-20)13-24-11-6-5-9-16(24)10-12-25/h2-4,7-8,16,25H,5-6,9-13H2,1H3. The number of rotatable bonds is 6. The zero-order valence-electron chi connectivity index (χ0n) is 15.5. The normalized spacial score (nSPS) is 18.1. The maximum Gasteiger partial charge on any atom is 0.253 e. The van der Waals surface area contributed by atoms with E-state index in [1.807, 2.05) is 37.3 Å². The van der Waals surface area contributed by atoms with Crippen LogP contribution >= 0.6 is 0 Å². The fourth-order valence-electron chi connectivity index (χ4n) is 3.75. The van der Waals surface area contributed by atoms with E-state index in [4.69, 9.17) is 8.94 Å². The molecule has 3 aromatic rings.